The lowest BCUT2D eigenvalue weighted by Crippen LogP contribution is -2.28. The zero-order chi connectivity index (χ0) is 16.4. The first-order valence-electron chi connectivity index (χ1n) is 8.54. The van der Waals surface area contributed by atoms with Crippen molar-refractivity contribution in [3.8, 4) is 11.8 Å². The maximum atomic E-state index is 8.93. The van der Waals surface area contributed by atoms with Gasteiger partial charge >= 0.3 is 0 Å². The van der Waals surface area contributed by atoms with Gasteiger partial charge in [-0.1, -0.05) is 11.2 Å². The largest absolute Gasteiger partial charge is 0.492 e. The van der Waals surface area contributed by atoms with E-state index >= 15 is 0 Å². The number of aromatic nitrogens is 2. The number of benzene rings is 1. The van der Waals surface area contributed by atoms with Crippen LogP contribution < -0.4 is 4.74 Å². The Kier molecular flexibility index (Phi) is 4.18. The van der Waals surface area contributed by atoms with Gasteiger partial charge in [-0.3, -0.25) is 4.90 Å². The quantitative estimate of drug-likeness (QED) is 0.813. The van der Waals surface area contributed by atoms with Gasteiger partial charge in [0.15, 0.2) is 5.82 Å². The average Bonchev–Trinajstić information content (AvgIpc) is 3.16. The normalized spacial score (nSPS) is 20.9. The molecule has 2 aliphatic rings. The molecule has 2 fully saturated rings. The van der Waals surface area contributed by atoms with Crippen molar-refractivity contribution in [3.63, 3.8) is 0 Å². The number of rotatable bonds is 6. The molecule has 2 heterocycles. The van der Waals surface area contributed by atoms with Crippen molar-refractivity contribution in [2.45, 2.75) is 37.6 Å². The molecule has 6 nitrogen and oxygen atoms in total. The summed E-state index contributed by atoms with van der Waals surface area (Å²) in [5.41, 5.74) is 0.617. The summed E-state index contributed by atoms with van der Waals surface area (Å²) in [6, 6.07) is 9.62. The van der Waals surface area contributed by atoms with E-state index in [-0.39, 0.29) is 6.04 Å². The molecule has 1 saturated carbocycles. The summed E-state index contributed by atoms with van der Waals surface area (Å²) in [6.45, 7) is 2.42. The van der Waals surface area contributed by atoms with E-state index in [4.69, 9.17) is 14.5 Å². The van der Waals surface area contributed by atoms with Crippen molar-refractivity contribution in [3.05, 3.63) is 41.5 Å². The fourth-order valence-corrected chi connectivity index (χ4v) is 3.20. The zero-order valence-corrected chi connectivity index (χ0v) is 13.5. The highest BCUT2D eigenvalue weighted by atomic mass is 16.5. The molecular weight excluding hydrogens is 304 g/mol. The average molecular weight is 324 g/mol. The highest BCUT2D eigenvalue weighted by molar-refractivity contribution is 5.36. The van der Waals surface area contributed by atoms with E-state index in [0.29, 0.717) is 18.1 Å². The van der Waals surface area contributed by atoms with Crippen LogP contribution in [-0.2, 0) is 0 Å². The monoisotopic (exact) mass is 324 g/mol. The van der Waals surface area contributed by atoms with E-state index in [1.165, 1.54) is 12.8 Å². The van der Waals surface area contributed by atoms with E-state index in [1.807, 2.05) is 12.1 Å². The van der Waals surface area contributed by atoms with Gasteiger partial charge in [-0.2, -0.15) is 10.2 Å². The number of likely N-dealkylation sites (tertiary alicyclic amines) is 1. The van der Waals surface area contributed by atoms with Gasteiger partial charge in [-0.05, 0) is 50.4 Å². The molecule has 4 rings (SSSR count). The molecule has 1 atom stereocenters. The van der Waals surface area contributed by atoms with Crippen molar-refractivity contribution < 1.29 is 9.26 Å². The third-order valence-corrected chi connectivity index (χ3v) is 4.66. The molecule has 1 saturated heterocycles. The zero-order valence-electron chi connectivity index (χ0n) is 13.5. The molecule has 1 aliphatic heterocycles. The molecule has 1 aromatic carbocycles. The first kappa shape index (κ1) is 15.2. The van der Waals surface area contributed by atoms with Crippen molar-refractivity contribution in [1.82, 2.24) is 15.0 Å². The summed E-state index contributed by atoms with van der Waals surface area (Å²) >= 11 is 0. The highest BCUT2D eigenvalue weighted by Gasteiger charge is 2.34. The molecule has 124 valence electrons. The van der Waals surface area contributed by atoms with Crippen LogP contribution in [-0.4, -0.2) is 34.7 Å². The third-order valence-electron chi connectivity index (χ3n) is 4.66. The van der Waals surface area contributed by atoms with Gasteiger partial charge in [0.05, 0.1) is 17.7 Å². The lowest BCUT2D eigenvalue weighted by molar-refractivity contribution is 0.190. The predicted molar refractivity (Wildman–Crippen MR) is 86.5 cm³/mol. The van der Waals surface area contributed by atoms with Crippen LogP contribution in [0, 0.1) is 11.3 Å². The Morgan fingerprint density at radius 2 is 2.25 bits per heavy atom. The predicted octanol–water partition coefficient (Wildman–Crippen LogP) is 3.03. The first-order valence-corrected chi connectivity index (χ1v) is 8.54. The minimum atomic E-state index is 0.232. The number of nitriles is 1. The van der Waals surface area contributed by atoms with Gasteiger partial charge in [0, 0.05) is 12.5 Å². The van der Waals surface area contributed by atoms with Gasteiger partial charge in [0.1, 0.15) is 12.4 Å². The second-order valence-corrected chi connectivity index (χ2v) is 6.45. The Bertz CT molecular complexity index is 747. The van der Waals surface area contributed by atoms with E-state index in [0.717, 1.165) is 43.4 Å². The molecule has 24 heavy (non-hydrogen) atoms. The summed E-state index contributed by atoms with van der Waals surface area (Å²) < 4.78 is 11.2. The van der Waals surface area contributed by atoms with Gasteiger partial charge in [0.2, 0.25) is 5.89 Å². The van der Waals surface area contributed by atoms with Crippen molar-refractivity contribution >= 4 is 0 Å². The van der Waals surface area contributed by atoms with Crippen LogP contribution in [0.15, 0.2) is 28.8 Å². The molecule has 0 N–H and O–H groups in total. The summed E-state index contributed by atoms with van der Waals surface area (Å²) in [5.74, 6) is 2.86. The fourth-order valence-electron chi connectivity index (χ4n) is 3.20. The third kappa shape index (κ3) is 3.26. The van der Waals surface area contributed by atoms with E-state index in [2.05, 4.69) is 21.1 Å². The summed E-state index contributed by atoms with van der Waals surface area (Å²) in [5, 5.41) is 13.1. The summed E-state index contributed by atoms with van der Waals surface area (Å²) in [4.78, 5) is 6.95. The molecule has 0 radical (unpaired) electrons. The number of ether oxygens (including phenoxy) is 1. The molecule has 1 aliphatic carbocycles. The Morgan fingerprint density at radius 3 is 3.08 bits per heavy atom. The lowest BCUT2D eigenvalue weighted by Gasteiger charge is -2.21. The SMILES string of the molecule is N#Cc1cccc(OCCN2CCC[C@@H]2c2noc(C3CC3)n2)c1. The Hall–Kier alpha value is -2.39. The Labute approximate surface area is 141 Å². The van der Waals surface area contributed by atoms with Crippen molar-refractivity contribution in [1.29, 1.82) is 5.26 Å². The van der Waals surface area contributed by atoms with E-state index in [1.54, 1.807) is 12.1 Å². The molecule has 6 heteroatoms. The fraction of sp³-hybridized carbons (Fsp3) is 0.500. The van der Waals surface area contributed by atoms with Gasteiger partial charge < -0.3 is 9.26 Å². The molecule has 1 aromatic heterocycles. The van der Waals surface area contributed by atoms with Crippen LogP contribution in [0.2, 0.25) is 0 Å². The Morgan fingerprint density at radius 1 is 1.33 bits per heavy atom. The van der Waals surface area contributed by atoms with Gasteiger partial charge in [-0.15, -0.1) is 0 Å². The van der Waals surface area contributed by atoms with Gasteiger partial charge in [0.25, 0.3) is 0 Å². The second kappa shape index (κ2) is 6.62. The van der Waals surface area contributed by atoms with Crippen LogP contribution in [0.4, 0.5) is 0 Å². The molecular formula is C18H20N4O2. The van der Waals surface area contributed by atoms with Crippen LogP contribution in [0.25, 0.3) is 0 Å². The molecule has 2 aromatic rings. The van der Waals surface area contributed by atoms with Crippen molar-refractivity contribution in [2.24, 2.45) is 0 Å². The molecule has 0 bridgehead atoms. The Balaban J connectivity index is 1.34. The van der Waals surface area contributed by atoms with E-state index < -0.39 is 0 Å². The van der Waals surface area contributed by atoms with Crippen LogP contribution >= 0.6 is 0 Å². The summed E-state index contributed by atoms with van der Waals surface area (Å²) in [7, 11) is 0. The van der Waals surface area contributed by atoms with Crippen molar-refractivity contribution in [2.75, 3.05) is 19.7 Å². The standard InChI is InChI=1S/C18H20N4O2/c19-12-13-3-1-4-15(11-13)23-10-9-22-8-2-5-16(22)17-20-18(24-21-17)14-6-7-14/h1,3-4,11,14,16H,2,5-10H2/t16-/m1/s1. The first-order chi connectivity index (χ1) is 11.8. The topological polar surface area (TPSA) is 75.2 Å². The minimum Gasteiger partial charge on any atom is -0.492 e. The maximum absolute atomic E-state index is 8.93. The number of nitrogens with zero attached hydrogens (tertiary/aromatic N) is 4. The highest BCUT2D eigenvalue weighted by Crippen LogP contribution is 2.40. The van der Waals surface area contributed by atoms with Gasteiger partial charge in [-0.25, -0.2) is 0 Å². The lowest BCUT2D eigenvalue weighted by atomic mass is 10.2. The minimum absolute atomic E-state index is 0.232. The number of hydrogen-bond acceptors (Lipinski definition) is 6. The second-order valence-electron chi connectivity index (χ2n) is 6.45. The van der Waals surface area contributed by atoms with Crippen LogP contribution in [0.1, 0.15) is 54.9 Å². The number of hydrogen-bond donors (Lipinski definition) is 0. The molecule has 0 amide bonds. The molecule has 0 unspecified atom stereocenters. The molecule has 0 spiro atoms. The van der Waals surface area contributed by atoms with E-state index in [9.17, 15) is 0 Å². The maximum Gasteiger partial charge on any atom is 0.229 e. The smallest absolute Gasteiger partial charge is 0.229 e. The summed E-state index contributed by atoms with van der Waals surface area (Å²) in [6.07, 6.45) is 4.55. The van der Waals surface area contributed by atoms with Crippen LogP contribution in [0.5, 0.6) is 5.75 Å². The van der Waals surface area contributed by atoms with Crippen LogP contribution in [0.3, 0.4) is 0 Å².